The monoisotopic (exact) mass is 299 g/mol. The Morgan fingerprint density at radius 2 is 2.17 bits per heavy atom. The van der Waals surface area contributed by atoms with Crippen molar-refractivity contribution in [3.8, 4) is 17.5 Å². The summed E-state index contributed by atoms with van der Waals surface area (Å²) in [6.45, 7) is 0. The highest BCUT2D eigenvalue weighted by Crippen LogP contribution is 2.19. The lowest BCUT2D eigenvalue weighted by atomic mass is 10.3. The topological polar surface area (TPSA) is 66.9 Å². The van der Waals surface area contributed by atoms with Crippen LogP contribution in [-0.2, 0) is 0 Å². The Hall–Kier alpha value is -2.26. The highest BCUT2D eigenvalue weighted by molar-refractivity contribution is 9.10. The Labute approximate surface area is 111 Å². The molecule has 0 N–H and O–H groups in total. The summed E-state index contributed by atoms with van der Waals surface area (Å²) in [6, 6.07) is 7.44. The Morgan fingerprint density at radius 1 is 1.28 bits per heavy atom. The van der Waals surface area contributed by atoms with Gasteiger partial charge in [-0.1, -0.05) is 0 Å². The molecule has 0 saturated heterocycles. The molecule has 0 bridgehead atoms. The smallest absolute Gasteiger partial charge is 0.183 e. The molecular weight excluding hydrogens is 294 g/mol. The average molecular weight is 300 g/mol. The van der Waals surface area contributed by atoms with E-state index in [2.05, 4.69) is 37.1 Å². The third kappa shape index (κ3) is 1.85. The van der Waals surface area contributed by atoms with E-state index in [1.807, 2.05) is 6.07 Å². The number of fused-ring (bicyclic) bond motifs is 1. The second-order valence-corrected chi connectivity index (χ2v) is 4.58. The van der Waals surface area contributed by atoms with E-state index in [1.165, 1.54) is 0 Å². The number of halogens is 1. The fourth-order valence-electron chi connectivity index (χ4n) is 1.61. The Morgan fingerprint density at radius 3 is 2.94 bits per heavy atom. The predicted octanol–water partition coefficient (Wildman–Crippen LogP) is 2.43. The van der Waals surface area contributed by atoms with Crippen LogP contribution in [0.3, 0.4) is 0 Å². The molecule has 0 saturated carbocycles. The van der Waals surface area contributed by atoms with Crippen molar-refractivity contribution >= 4 is 21.6 Å². The highest BCUT2D eigenvalue weighted by Gasteiger charge is 2.07. The Balaban J connectivity index is 2.17. The molecule has 3 heterocycles. The van der Waals surface area contributed by atoms with E-state index >= 15 is 0 Å². The molecule has 0 aliphatic rings. The van der Waals surface area contributed by atoms with Gasteiger partial charge in [-0.05, 0) is 34.1 Å². The van der Waals surface area contributed by atoms with Gasteiger partial charge in [-0.2, -0.15) is 5.26 Å². The van der Waals surface area contributed by atoms with Crippen molar-refractivity contribution in [2.75, 3.05) is 0 Å². The lowest BCUT2D eigenvalue weighted by Gasteiger charge is -1.93. The quantitative estimate of drug-likeness (QED) is 0.692. The normalized spacial score (nSPS) is 10.4. The number of rotatable bonds is 1. The number of pyridine rings is 2. The van der Waals surface area contributed by atoms with E-state index in [0.29, 0.717) is 17.0 Å². The van der Waals surface area contributed by atoms with Crippen LogP contribution in [0.1, 0.15) is 5.56 Å². The number of hydrogen-bond donors (Lipinski definition) is 0. The molecule has 0 spiro atoms. The Kier molecular flexibility index (Phi) is 2.54. The lowest BCUT2D eigenvalue weighted by Crippen LogP contribution is -1.88. The maximum Gasteiger partial charge on any atom is 0.183 e. The second-order valence-electron chi connectivity index (χ2n) is 3.66. The maximum absolute atomic E-state index is 8.83. The molecule has 5 nitrogen and oxygen atoms in total. The molecule has 0 aliphatic heterocycles. The van der Waals surface area contributed by atoms with Crippen molar-refractivity contribution in [1.29, 1.82) is 5.26 Å². The largest absolute Gasteiger partial charge is 0.263 e. The third-order valence-electron chi connectivity index (χ3n) is 2.42. The fourth-order valence-corrected chi connectivity index (χ4v) is 1.97. The summed E-state index contributed by atoms with van der Waals surface area (Å²) >= 11 is 3.36. The van der Waals surface area contributed by atoms with Gasteiger partial charge >= 0.3 is 0 Å². The molecule has 0 fully saturated rings. The van der Waals surface area contributed by atoms with Crippen molar-refractivity contribution in [2.45, 2.75) is 0 Å². The molecule has 18 heavy (non-hydrogen) atoms. The van der Waals surface area contributed by atoms with Gasteiger partial charge in [0, 0.05) is 28.6 Å². The number of nitriles is 1. The van der Waals surface area contributed by atoms with Crippen LogP contribution in [-0.4, -0.2) is 19.6 Å². The van der Waals surface area contributed by atoms with E-state index in [9.17, 15) is 0 Å². The summed E-state index contributed by atoms with van der Waals surface area (Å²) in [6.07, 6.45) is 5.05. The fraction of sp³-hybridized carbons (Fsp3) is 0. The molecule has 6 heteroatoms. The van der Waals surface area contributed by atoms with Gasteiger partial charge in [0.2, 0.25) is 0 Å². The van der Waals surface area contributed by atoms with Gasteiger partial charge in [-0.15, -0.1) is 5.10 Å². The van der Waals surface area contributed by atoms with Gasteiger partial charge in [0.15, 0.2) is 11.5 Å². The van der Waals surface area contributed by atoms with E-state index in [0.717, 1.165) is 10.0 Å². The molecule has 3 aromatic rings. The molecule has 86 valence electrons. The minimum atomic E-state index is 0.548. The summed E-state index contributed by atoms with van der Waals surface area (Å²) < 4.78 is 2.46. The summed E-state index contributed by atoms with van der Waals surface area (Å²) in [5, 5.41) is 13.2. The van der Waals surface area contributed by atoms with Crippen LogP contribution in [0.5, 0.6) is 0 Å². The zero-order chi connectivity index (χ0) is 12.5. The van der Waals surface area contributed by atoms with E-state index in [4.69, 9.17) is 5.26 Å². The molecule has 0 amide bonds. The molecule has 0 aromatic carbocycles. The van der Waals surface area contributed by atoms with E-state index < -0.39 is 0 Å². The van der Waals surface area contributed by atoms with E-state index in [1.54, 1.807) is 35.2 Å². The average Bonchev–Trinajstić information content (AvgIpc) is 2.81. The van der Waals surface area contributed by atoms with Crippen molar-refractivity contribution < 1.29 is 0 Å². The van der Waals surface area contributed by atoms with Crippen LogP contribution in [0.15, 0.2) is 41.3 Å². The van der Waals surface area contributed by atoms with Crippen LogP contribution in [0.4, 0.5) is 0 Å². The SMILES string of the molecule is N#Cc1ccc2nc(-c3cncc(Br)c3)nn2c1. The van der Waals surface area contributed by atoms with Crippen LogP contribution in [0.25, 0.3) is 17.0 Å². The first-order valence-electron chi connectivity index (χ1n) is 5.14. The van der Waals surface area contributed by atoms with Crippen LogP contribution >= 0.6 is 15.9 Å². The van der Waals surface area contributed by atoms with Crippen molar-refractivity contribution in [2.24, 2.45) is 0 Å². The van der Waals surface area contributed by atoms with Crippen LogP contribution in [0, 0.1) is 11.3 Å². The molecule has 3 rings (SSSR count). The number of aromatic nitrogens is 4. The van der Waals surface area contributed by atoms with Gasteiger partial charge in [0.25, 0.3) is 0 Å². The molecule has 0 aliphatic carbocycles. The van der Waals surface area contributed by atoms with Crippen molar-refractivity contribution in [3.05, 3.63) is 46.8 Å². The summed E-state index contributed by atoms with van der Waals surface area (Å²) in [5.74, 6) is 0.582. The summed E-state index contributed by atoms with van der Waals surface area (Å²) in [4.78, 5) is 8.46. The standard InChI is InChI=1S/C12H6BrN5/c13-10-3-9(5-15-6-10)12-16-11-2-1-8(4-14)7-18(11)17-12/h1-3,5-7H. The predicted molar refractivity (Wildman–Crippen MR) is 68.6 cm³/mol. The molecule has 3 aromatic heterocycles. The first kappa shape index (κ1) is 10.9. The molecule has 0 unspecified atom stereocenters. The molecule has 0 radical (unpaired) electrons. The zero-order valence-electron chi connectivity index (χ0n) is 9.08. The lowest BCUT2D eigenvalue weighted by molar-refractivity contribution is 0.961. The van der Waals surface area contributed by atoms with Crippen molar-refractivity contribution in [1.82, 2.24) is 19.6 Å². The van der Waals surface area contributed by atoms with Crippen LogP contribution < -0.4 is 0 Å². The van der Waals surface area contributed by atoms with Gasteiger partial charge in [0.05, 0.1) is 5.56 Å². The van der Waals surface area contributed by atoms with Gasteiger partial charge in [-0.25, -0.2) is 9.50 Å². The first-order valence-corrected chi connectivity index (χ1v) is 5.93. The summed E-state index contributed by atoms with van der Waals surface area (Å²) in [5.41, 5.74) is 2.07. The number of nitrogens with zero attached hydrogens (tertiary/aromatic N) is 5. The zero-order valence-corrected chi connectivity index (χ0v) is 10.7. The second kappa shape index (κ2) is 4.20. The number of hydrogen-bond acceptors (Lipinski definition) is 4. The molecular formula is C12H6BrN5. The minimum absolute atomic E-state index is 0.548. The first-order chi connectivity index (χ1) is 8.76. The molecule has 0 atom stereocenters. The van der Waals surface area contributed by atoms with Crippen molar-refractivity contribution in [3.63, 3.8) is 0 Å². The maximum atomic E-state index is 8.83. The highest BCUT2D eigenvalue weighted by atomic mass is 79.9. The van der Waals surface area contributed by atoms with Gasteiger partial charge in [0.1, 0.15) is 6.07 Å². The minimum Gasteiger partial charge on any atom is -0.263 e. The van der Waals surface area contributed by atoms with Crippen LogP contribution in [0.2, 0.25) is 0 Å². The third-order valence-corrected chi connectivity index (χ3v) is 2.86. The van der Waals surface area contributed by atoms with Gasteiger partial charge < -0.3 is 0 Å². The Bertz CT molecular complexity index is 771. The van der Waals surface area contributed by atoms with Gasteiger partial charge in [-0.3, -0.25) is 4.98 Å². The summed E-state index contributed by atoms with van der Waals surface area (Å²) in [7, 11) is 0. The van der Waals surface area contributed by atoms with E-state index in [-0.39, 0.29) is 0 Å².